The van der Waals surface area contributed by atoms with Crippen LogP contribution in [0.25, 0.3) is 10.1 Å². The molecule has 0 bridgehead atoms. The van der Waals surface area contributed by atoms with Crippen LogP contribution in [0.3, 0.4) is 0 Å². The Balaban J connectivity index is 1.79. The number of benzene rings is 1. The fraction of sp³-hybridized carbons (Fsp3) is 0.500. The van der Waals surface area contributed by atoms with Crippen molar-refractivity contribution in [3.05, 3.63) is 38.2 Å². The summed E-state index contributed by atoms with van der Waals surface area (Å²) in [7, 11) is 0. The number of fused-ring (bicyclic) bond motifs is 1. The number of amidine groups is 1. The van der Waals surface area contributed by atoms with Crippen molar-refractivity contribution in [2.75, 3.05) is 18.0 Å². The van der Waals surface area contributed by atoms with E-state index in [1.807, 2.05) is 0 Å². The summed E-state index contributed by atoms with van der Waals surface area (Å²) in [5.74, 6) is 1.30. The molecule has 0 unspecified atom stereocenters. The first-order chi connectivity index (χ1) is 13.7. The van der Waals surface area contributed by atoms with Gasteiger partial charge in [0.1, 0.15) is 10.5 Å². The van der Waals surface area contributed by atoms with E-state index in [0.29, 0.717) is 31.1 Å². The van der Waals surface area contributed by atoms with Crippen molar-refractivity contribution in [2.24, 2.45) is 10.9 Å². The van der Waals surface area contributed by atoms with Crippen LogP contribution in [0.5, 0.6) is 0 Å². The molecule has 0 amide bonds. The topological polar surface area (TPSA) is 88.7 Å². The summed E-state index contributed by atoms with van der Waals surface area (Å²) in [5.41, 5.74) is -2.88. The quantitative estimate of drug-likeness (QED) is 0.535. The van der Waals surface area contributed by atoms with E-state index in [1.165, 1.54) is 12.8 Å². The molecule has 2 aromatic rings. The zero-order chi connectivity index (χ0) is 20.8. The van der Waals surface area contributed by atoms with Crippen LogP contribution >= 0.6 is 11.3 Å². The fourth-order valence-electron chi connectivity index (χ4n) is 3.90. The highest BCUT2D eigenvalue weighted by Crippen LogP contribution is 2.39. The van der Waals surface area contributed by atoms with Crippen molar-refractivity contribution in [3.8, 4) is 0 Å². The van der Waals surface area contributed by atoms with Gasteiger partial charge in [-0.1, -0.05) is 37.0 Å². The van der Waals surface area contributed by atoms with Gasteiger partial charge in [-0.2, -0.15) is 18.2 Å². The molecule has 4 rings (SSSR count). The maximum Gasteiger partial charge on any atom is 0.416 e. The first-order valence-corrected chi connectivity index (χ1v) is 10.1. The van der Waals surface area contributed by atoms with Gasteiger partial charge in [-0.15, -0.1) is 0 Å². The Bertz CT molecular complexity index is 1060. The smallest absolute Gasteiger partial charge is 0.304 e. The number of halogens is 3. The van der Waals surface area contributed by atoms with Crippen molar-refractivity contribution < 1.29 is 18.1 Å². The van der Waals surface area contributed by atoms with Gasteiger partial charge in [-0.25, -0.2) is 0 Å². The molecule has 7 nitrogen and oxygen atoms in total. The van der Waals surface area contributed by atoms with Crippen LogP contribution in [0.15, 0.2) is 21.9 Å². The van der Waals surface area contributed by atoms with Gasteiger partial charge in [0.2, 0.25) is 0 Å². The van der Waals surface area contributed by atoms with Gasteiger partial charge in [0.05, 0.1) is 22.4 Å². The maximum atomic E-state index is 13.1. The van der Waals surface area contributed by atoms with Crippen molar-refractivity contribution in [2.45, 2.75) is 38.3 Å². The van der Waals surface area contributed by atoms with Gasteiger partial charge >= 0.3 is 6.18 Å². The molecular formula is C18H17F3N4O3S. The van der Waals surface area contributed by atoms with E-state index < -0.39 is 33.3 Å². The third kappa shape index (κ3) is 3.83. The molecule has 0 spiro atoms. The van der Waals surface area contributed by atoms with E-state index in [9.17, 15) is 28.1 Å². The summed E-state index contributed by atoms with van der Waals surface area (Å²) in [5, 5.41) is 11.3. The lowest BCUT2D eigenvalue weighted by atomic mass is 10.0. The molecule has 1 aromatic carbocycles. The van der Waals surface area contributed by atoms with Gasteiger partial charge in [-0.3, -0.25) is 19.9 Å². The predicted molar refractivity (Wildman–Crippen MR) is 104 cm³/mol. The molecular weight excluding hydrogens is 409 g/mol. The lowest BCUT2D eigenvalue weighted by Crippen LogP contribution is -2.30. The van der Waals surface area contributed by atoms with Gasteiger partial charge < -0.3 is 4.90 Å². The van der Waals surface area contributed by atoms with Gasteiger partial charge in [0.25, 0.3) is 11.2 Å². The molecule has 1 aliphatic heterocycles. The van der Waals surface area contributed by atoms with Crippen LogP contribution in [0.2, 0.25) is 0 Å². The average molecular weight is 426 g/mol. The minimum absolute atomic E-state index is 0.106. The van der Waals surface area contributed by atoms with E-state index in [-0.39, 0.29) is 9.83 Å². The molecule has 29 heavy (non-hydrogen) atoms. The Morgan fingerprint density at radius 2 is 2.00 bits per heavy atom. The van der Waals surface area contributed by atoms with E-state index >= 15 is 0 Å². The first-order valence-electron chi connectivity index (χ1n) is 9.25. The summed E-state index contributed by atoms with van der Waals surface area (Å²) < 4.78 is 39.2. The summed E-state index contributed by atoms with van der Waals surface area (Å²) >= 11 is 0.859. The highest BCUT2D eigenvalue weighted by molar-refractivity contribution is 7.22. The molecule has 154 valence electrons. The van der Waals surface area contributed by atoms with E-state index in [4.69, 9.17) is 0 Å². The molecule has 1 saturated carbocycles. The molecule has 1 aliphatic carbocycles. The number of aromatic nitrogens is 1. The van der Waals surface area contributed by atoms with E-state index in [1.54, 1.807) is 4.90 Å². The van der Waals surface area contributed by atoms with Crippen LogP contribution < -0.4 is 10.5 Å². The van der Waals surface area contributed by atoms with Crippen LogP contribution in [-0.4, -0.2) is 28.8 Å². The third-order valence-electron chi connectivity index (χ3n) is 5.32. The molecule has 1 fully saturated rings. The molecule has 0 radical (unpaired) electrons. The van der Waals surface area contributed by atoms with E-state index in [2.05, 4.69) is 9.98 Å². The summed E-state index contributed by atoms with van der Waals surface area (Å²) in [4.78, 5) is 33.2. The number of rotatable bonds is 4. The summed E-state index contributed by atoms with van der Waals surface area (Å²) in [6, 6.07) is 1.11. The minimum atomic E-state index is -4.80. The van der Waals surface area contributed by atoms with Gasteiger partial charge in [-0.05, 0) is 12.0 Å². The second-order valence-corrected chi connectivity index (χ2v) is 8.21. The Labute approximate surface area is 167 Å². The minimum Gasteiger partial charge on any atom is -0.304 e. The second kappa shape index (κ2) is 7.36. The van der Waals surface area contributed by atoms with Crippen molar-refractivity contribution in [1.29, 1.82) is 0 Å². The maximum absolute atomic E-state index is 13.1. The Kier molecular flexibility index (Phi) is 5.01. The number of alkyl halides is 3. The van der Waals surface area contributed by atoms with Crippen molar-refractivity contribution >= 4 is 38.1 Å². The van der Waals surface area contributed by atoms with Gasteiger partial charge in [0.15, 0.2) is 5.13 Å². The number of anilines is 1. The van der Waals surface area contributed by atoms with Crippen LogP contribution in [0, 0.1) is 16.0 Å². The second-order valence-electron chi connectivity index (χ2n) is 7.23. The number of nitro groups is 1. The predicted octanol–water partition coefficient (Wildman–Crippen LogP) is 4.38. The molecule has 0 N–H and O–H groups in total. The SMILES string of the molecule is O=c1nc(N2CCN=C2CC2CCCC2)sc2c([N+](=O)[O-])cc(C(F)(F)F)cc12. The number of nitrogens with zero attached hydrogens (tertiary/aromatic N) is 4. The van der Waals surface area contributed by atoms with Crippen molar-refractivity contribution in [1.82, 2.24) is 4.98 Å². The normalized spacial score (nSPS) is 17.9. The molecule has 1 aromatic heterocycles. The zero-order valence-corrected chi connectivity index (χ0v) is 16.1. The number of non-ortho nitro benzene ring substituents is 1. The largest absolute Gasteiger partial charge is 0.416 e. The van der Waals surface area contributed by atoms with Crippen LogP contribution in [0.4, 0.5) is 24.0 Å². The van der Waals surface area contributed by atoms with Gasteiger partial charge in [0, 0.05) is 19.0 Å². The number of aliphatic imine (C=N–C) groups is 1. The molecule has 0 saturated heterocycles. The zero-order valence-electron chi connectivity index (χ0n) is 15.2. The van der Waals surface area contributed by atoms with Crippen molar-refractivity contribution in [3.63, 3.8) is 0 Å². The number of hydrogen-bond acceptors (Lipinski definition) is 7. The lowest BCUT2D eigenvalue weighted by Gasteiger charge is -2.20. The third-order valence-corrected chi connectivity index (χ3v) is 6.45. The Hall–Kier alpha value is -2.56. The Morgan fingerprint density at radius 1 is 1.28 bits per heavy atom. The summed E-state index contributed by atoms with van der Waals surface area (Å²) in [6.07, 6.45) is 0.515. The molecule has 0 atom stereocenters. The average Bonchev–Trinajstić information content (AvgIpc) is 3.32. The number of hydrogen-bond donors (Lipinski definition) is 0. The van der Waals surface area contributed by atoms with E-state index in [0.717, 1.165) is 36.4 Å². The molecule has 2 aliphatic rings. The summed E-state index contributed by atoms with van der Waals surface area (Å²) in [6.45, 7) is 1.02. The van der Waals surface area contributed by atoms with Crippen LogP contribution in [-0.2, 0) is 6.18 Å². The Morgan fingerprint density at radius 3 is 2.66 bits per heavy atom. The molecule has 2 heterocycles. The monoisotopic (exact) mass is 426 g/mol. The first kappa shape index (κ1) is 19.7. The molecule has 11 heteroatoms. The lowest BCUT2D eigenvalue weighted by molar-refractivity contribution is -0.383. The fourth-order valence-corrected chi connectivity index (χ4v) is 5.01. The highest BCUT2D eigenvalue weighted by atomic mass is 32.1. The van der Waals surface area contributed by atoms with Crippen LogP contribution in [0.1, 0.15) is 37.7 Å². The standard InChI is InChI=1S/C18H17F3N4O3S/c19-18(20,21)11-8-12-15(13(9-11)25(27)28)29-17(23-16(12)26)24-6-5-22-14(24)7-10-3-1-2-4-10/h8-10H,1-7H2. The number of nitro benzene ring substituents is 1. The highest BCUT2D eigenvalue weighted by Gasteiger charge is 2.35.